The number of carbonyl (C=O) groups is 1. The normalized spacial score (nSPS) is 20.8. The number of hydrogen-bond acceptors (Lipinski definition) is 3. The lowest BCUT2D eigenvalue weighted by Crippen LogP contribution is -2.30. The van der Waals surface area contributed by atoms with E-state index in [4.69, 9.17) is 4.74 Å². The fourth-order valence-electron chi connectivity index (χ4n) is 2.25. The summed E-state index contributed by atoms with van der Waals surface area (Å²) in [6.07, 6.45) is 3.37. The standard InChI is InChI=1S/C14H19NO3/c16-14(17)13(11-5-2-1-3-6-11)15-9-8-12-7-4-10-18-12/h1-3,5-6,12-13,15H,4,7-10H2,(H,16,17). The maximum absolute atomic E-state index is 11.2. The van der Waals surface area contributed by atoms with Crippen LogP contribution < -0.4 is 5.32 Å². The summed E-state index contributed by atoms with van der Waals surface area (Å²) in [6.45, 7) is 1.50. The molecule has 1 fully saturated rings. The van der Waals surface area contributed by atoms with Crippen LogP contribution in [0.5, 0.6) is 0 Å². The predicted molar refractivity (Wildman–Crippen MR) is 68.4 cm³/mol. The molecule has 0 radical (unpaired) electrons. The largest absolute Gasteiger partial charge is 0.480 e. The summed E-state index contributed by atoms with van der Waals surface area (Å²) in [6, 6.07) is 8.62. The number of hydrogen-bond donors (Lipinski definition) is 2. The second-order valence-electron chi connectivity index (χ2n) is 4.56. The zero-order chi connectivity index (χ0) is 12.8. The fourth-order valence-corrected chi connectivity index (χ4v) is 2.25. The fraction of sp³-hybridized carbons (Fsp3) is 0.500. The third kappa shape index (κ3) is 3.55. The van der Waals surface area contributed by atoms with Crippen molar-refractivity contribution in [2.24, 2.45) is 0 Å². The van der Waals surface area contributed by atoms with Gasteiger partial charge in [-0.1, -0.05) is 30.3 Å². The maximum Gasteiger partial charge on any atom is 0.325 e. The summed E-state index contributed by atoms with van der Waals surface area (Å²) in [5.74, 6) is -0.839. The highest BCUT2D eigenvalue weighted by Gasteiger charge is 2.20. The van der Waals surface area contributed by atoms with Crippen LogP contribution in [0.4, 0.5) is 0 Å². The monoisotopic (exact) mass is 249 g/mol. The van der Waals surface area contributed by atoms with Crippen molar-refractivity contribution in [3.05, 3.63) is 35.9 Å². The van der Waals surface area contributed by atoms with Crippen LogP contribution in [0, 0.1) is 0 Å². The molecular formula is C14H19NO3. The van der Waals surface area contributed by atoms with E-state index in [1.54, 1.807) is 0 Å². The molecule has 0 bridgehead atoms. The zero-order valence-corrected chi connectivity index (χ0v) is 10.3. The minimum absolute atomic E-state index is 0.294. The molecule has 2 rings (SSSR count). The molecule has 1 heterocycles. The van der Waals surface area contributed by atoms with Gasteiger partial charge in [-0.25, -0.2) is 0 Å². The Morgan fingerprint density at radius 1 is 1.44 bits per heavy atom. The van der Waals surface area contributed by atoms with Crippen molar-refractivity contribution in [2.45, 2.75) is 31.4 Å². The Kier molecular flexibility index (Phi) is 4.73. The van der Waals surface area contributed by atoms with Gasteiger partial charge in [0.1, 0.15) is 6.04 Å². The molecule has 2 unspecified atom stereocenters. The van der Waals surface area contributed by atoms with Gasteiger partial charge in [-0.3, -0.25) is 4.79 Å². The Balaban J connectivity index is 1.85. The molecule has 18 heavy (non-hydrogen) atoms. The van der Waals surface area contributed by atoms with Gasteiger partial charge in [0.25, 0.3) is 0 Å². The van der Waals surface area contributed by atoms with Crippen LogP contribution >= 0.6 is 0 Å². The number of benzene rings is 1. The average Bonchev–Trinajstić information content (AvgIpc) is 2.88. The third-order valence-electron chi connectivity index (χ3n) is 3.22. The SMILES string of the molecule is O=C(O)C(NCCC1CCCO1)c1ccccc1. The van der Waals surface area contributed by atoms with Crippen LogP contribution in [-0.2, 0) is 9.53 Å². The van der Waals surface area contributed by atoms with Crippen molar-refractivity contribution in [2.75, 3.05) is 13.2 Å². The second-order valence-corrected chi connectivity index (χ2v) is 4.56. The summed E-state index contributed by atoms with van der Waals surface area (Å²) in [5, 5.41) is 12.3. The van der Waals surface area contributed by atoms with E-state index in [0.717, 1.165) is 31.4 Å². The smallest absolute Gasteiger partial charge is 0.325 e. The number of ether oxygens (including phenoxy) is 1. The van der Waals surface area contributed by atoms with E-state index in [1.807, 2.05) is 30.3 Å². The van der Waals surface area contributed by atoms with Crippen LogP contribution in [0.3, 0.4) is 0 Å². The molecule has 2 N–H and O–H groups in total. The number of nitrogens with one attached hydrogen (secondary N) is 1. The van der Waals surface area contributed by atoms with Crippen molar-refractivity contribution in [3.8, 4) is 0 Å². The predicted octanol–water partition coefficient (Wildman–Crippen LogP) is 1.97. The van der Waals surface area contributed by atoms with Gasteiger partial charge in [0.2, 0.25) is 0 Å². The Bertz CT molecular complexity index is 374. The summed E-state index contributed by atoms with van der Waals surface area (Å²) >= 11 is 0. The first kappa shape index (κ1) is 13.1. The lowest BCUT2D eigenvalue weighted by molar-refractivity contribution is -0.139. The molecule has 1 saturated heterocycles. The second kappa shape index (κ2) is 6.52. The third-order valence-corrected chi connectivity index (χ3v) is 3.22. The Hall–Kier alpha value is -1.39. The van der Waals surface area contributed by atoms with E-state index in [0.29, 0.717) is 12.6 Å². The molecule has 1 aliphatic rings. The first-order valence-corrected chi connectivity index (χ1v) is 6.40. The Morgan fingerprint density at radius 3 is 2.83 bits per heavy atom. The van der Waals surface area contributed by atoms with Gasteiger partial charge in [-0.05, 0) is 31.4 Å². The van der Waals surface area contributed by atoms with E-state index in [-0.39, 0.29) is 0 Å². The van der Waals surface area contributed by atoms with Crippen LogP contribution in [0.15, 0.2) is 30.3 Å². The zero-order valence-electron chi connectivity index (χ0n) is 10.3. The molecule has 1 aliphatic heterocycles. The van der Waals surface area contributed by atoms with Crippen LogP contribution in [0.25, 0.3) is 0 Å². The minimum atomic E-state index is -0.839. The minimum Gasteiger partial charge on any atom is -0.480 e. The van der Waals surface area contributed by atoms with Gasteiger partial charge in [-0.15, -0.1) is 0 Å². The molecule has 2 atom stereocenters. The van der Waals surface area contributed by atoms with Gasteiger partial charge < -0.3 is 15.2 Å². The van der Waals surface area contributed by atoms with Crippen molar-refractivity contribution in [1.29, 1.82) is 0 Å². The highest BCUT2D eigenvalue weighted by atomic mass is 16.5. The summed E-state index contributed by atoms with van der Waals surface area (Å²) in [4.78, 5) is 11.2. The Morgan fingerprint density at radius 2 is 2.22 bits per heavy atom. The molecule has 0 spiro atoms. The molecule has 1 aromatic carbocycles. The average molecular weight is 249 g/mol. The van der Waals surface area contributed by atoms with Gasteiger partial charge in [0.05, 0.1) is 6.10 Å². The van der Waals surface area contributed by atoms with Gasteiger partial charge in [-0.2, -0.15) is 0 Å². The molecule has 1 aromatic rings. The molecule has 0 aliphatic carbocycles. The van der Waals surface area contributed by atoms with E-state index < -0.39 is 12.0 Å². The molecule has 0 saturated carbocycles. The van der Waals surface area contributed by atoms with Crippen molar-refractivity contribution < 1.29 is 14.6 Å². The number of carboxylic acids is 1. The highest BCUT2D eigenvalue weighted by Crippen LogP contribution is 2.16. The number of rotatable bonds is 6. The first-order valence-electron chi connectivity index (χ1n) is 6.40. The van der Waals surface area contributed by atoms with Crippen LogP contribution in [-0.4, -0.2) is 30.3 Å². The van der Waals surface area contributed by atoms with Gasteiger partial charge >= 0.3 is 5.97 Å². The van der Waals surface area contributed by atoms with E-state index in [2.05, 4.69) is 5.32 Å². The van der Waals surface area contributed by atoms with Crippen LogP contribution in [0.1, 0.15) is 30.9 Å². The molecule has 98 valence electrons. The number of carboxylic acid groups (broad SMARTS) is 1. The van der Waals surface area contributed by atoms with E-state index in [1.165, 1.54) is 0 Å². The lowest BCUT2D eigenvalue weighted by atomic mass is 10.1. The van der Waals surface area contributed by atoms with Crippen molar-refractivity contribution in [3.63, 3.8) is 0 Å². The molecule has 4 heteroatoms. The summed E-state index contributed by atoms with van der Waals surface area (Å²) in [7, 11) is 0. The molecule has 4 nitrogen and oxygen atoms in total. The van der Waals surface area contributed by atoms with Crippen LogP contribution in [0.2, 0.25) is 0 Å². The van der Waals surface area contributed by atoms with E-state index >= 15 is 0 Å². The first-order chi connectivity index (χ1) is 8.77. The van der Waals surface area contributed by atoms with Gasteiger partial charge in [0.15, 0.2) is 0 Å². The van der Waals surface area contributed by atoms with Crippen molar-refractivity contribution >= 4 is 5.97 Å². The molecular weight excluding hydrogens is 230 g/mol. The molecule has 0 aromatic heterocycles. The highest BCUT2D eigenvalue weighted by molar-refractivity contribution is 5.75. The lowest BCUT2D eigenvalue weighted by Gasteiger charge is -2.16. The van der Waals surface area contributed by atoms with Crippen molar-refractivity contribution in [1.82, 2.24) is 5.32 Å². The quantitative estimate of drug-likeness (QED) is 0.809. The van der Waals surface area contributed by atoms with Gasteiger partial charge in [0, 0.05) is 6.61 Å². The summed E-state index contributed by atoms with van der Waals surface area (Å²) < 4.78 is 5.51. The molecule has 0 amide bonds. The number of aliphatic carboxylic acids is 1. The topological polar surface area (TPSA) is 58.6 Å². The summed E-state index contributed by atoms with van der Waals surface area (Å²) in [5.41, 5.74) is 0.789. The Labute approximate surface area is 107 Å². The maximum atomic E-state index is 11.2. The van der Waals surface area contributed by atoms with E-state index in [9.17, 15) is 9.90 Å².